The summed E-state index contributed by atoms with van der Waals surface area (Å²) < 4.78 is 10.6. The quantitative estimate of drug-likeness (QED) is 0.869. The smallest absolute Gasteiger partial charge is 0.159 e. The Morgan fingerprint density at radius 1 is 1.43 bits per heavy atom. The minimum absolute atomic E-state index is 0.0135. The lowest BCUT2D eigenvalue weighted by Gasteiger charge is -2.40. The summed E-state index contributed by atoms with van der Waals surface area (Å²) in [6, 6.07) is 5.11. The molecular weight excluding hydrogens is 272 g/mol. The van der Waals surface area contributed by atoms with Crippen molar-refractivity contribution in [1.82, 2.24) is 0 Å². The molecule has 21 heavy (non-hydrogen) atoms. The molecule has 2 aliphatic rings. The maximum atomic E-state index is 11.4. The highest BCUT2D eigenvalue weighted by Crippen LogP contribution is 2.44. The molecule has 1 aromatic carbocycles. The van der Waals surface area contributed by atoms with Crippen molar-refractivity contribution in [1.29, 1.82) is 0 Å². The van der Waals surface area contributed by atoms with Gasteiger partial charge in [-0.05, 0) is 18.9 Å². The van der Waals surface area contributed by atoms with Crippen molar-refractivity contribution in [2.24, 2.45) is 0 Å². The van der Waals surface area contributed by atoms with Crippen molar-refractivity contribution in [2.45, 2.75) is 30.8 Å². The second kappa shape index (κ2) is 5.07. The number of carbonyl (C=O) groups is 1. The first-order chi connectivity index (χ1) is 10.0. The van der Waals surface area contributed by atoms with Gasteiger partial charge in [-0.2, -0.15) is 0 Å². The second-order valence-electron chi connectivity index (χ2n) is 5.64. The third-order valence-electron chi connectivity index (χ3n) is 4.24. The van der Waals surface area contributed by atoms with Crippen LogP contribution in [0, 0.1) is 0 Å². The van der Waals surface area contributed by atoms with Crippen molar-refractivity contribution in [3.05, 3.63) is 35.6 Å². The van der Waals surface area contributed by atoms with E-state index >= 15 is 0 Å². The summed E-state index contributed by atoms with van der Waals surface area (Å²) in [5.74, 6) is 0.941. The predicted molar refractivity (Wildman–Crippen MR) is 75.2 cm³/mol. The van der Waals surface area contributed by atoms with Crippen molar-refractivity contribution >= 4 is 5.78 Å². The number of carbonyl (C=O) groups excluding carboxylic acids is 1. The molecule has 3 rings (SSSR count). The van der Waals surface area contributed by atoms with Gasteiger partial charge in [0, 0.05) is 30.0 Å². The molecule has 1 fully saturated rings. The molecule has 0 amide bonds. The first-order valence-electron chi connectivity index (χ1n) is 6.99. The van der Waals surface area contributed by atoms with Crippen LogP contribution in [0.4, 0.5) is 0 Å². The van der Waals surface area contributed by atoms with E-state index in [4.69, 9.17) is 9.47 Å². The number of ether oxygens (including phenoxy) is 2. The molecule has 5 nitrogen and oxygen atoms in total. The normalized spacial score (nSPS) is 28.4. The zero-order chi connectivity index (χ0) is 15.0. The highest BCUT2D eigenvalue weighted by atomic mass is 16.5. The van der Waals surface area contributed by atoms with Gasteiger partial charge in [-0.3, -0.25) is 4.79 Å². The Morgan fingerprint density at radius 3 is 2.95 bits per heavy atom. The van der Waals surface area contributed by atoms with Gasteiger partial charge < -0.3 is 19.7 Å². The molecule has 112 valence electrons. The van der Waals surface area contributed by atoms with Crippen LogP contribution < -0.4 is 4.74 Å². The van der Waals surface area contributed by atoms with Crippen LogP contribution in [0.3, 0.4) is 0 Å². The number of aromatic hydroxyl groups is 1. The van der Waals surface area contributed by atoms with Crippen molar-refractivity contribution < 1.29 is 24.5 Å². The van der Waals surface area contributed by atoms with Crippen LogP contribution in [0.2, 0.25) is 0 Å². The van der Waals surface area contributed by atoms with E-state index in [1.807, 2.05) is 0 Å². The number of allylic oxidation sites excluding steroid dienone is 1. The fraction of sp³-hybridized carbons (Fsp3) is 0.438. The average Bonchev–Trinajstić information content (AvgIpc) is 2.47. The molecule has 5 heteroatoms. The third kappa shape index (κ3) is 2.49. The zero-order valence-corrected chi connectivity index (χ0v) is 11.8. The third-order valence-corrected chi connectivity index (χ3v) is 4.24. The molecule has 0 spiro atoms. The highest BCUT2D eigenvalue weighted by molar-refractivity contribution is 5.91. The summed E-state index contributed by atoms with van der Waals surface area (Å²) in [7, 11) is 1.54. The number of hydrogen-bond acceptors (Lipinski definition) is 5. The summed E-state index contributed by atoms with van der Waals surface area (Å²) in [5.41, 5.74) is -0.386. The van der Waals surface area contributed by atoms with Crippen molar-refractivity contribution in [3.63, 3.8) is 0 Å². The fourth-order valence-electron chi connectivity index (χ4n) is 3.04. The standard InChI is InChI=1S/C16H18O5/c1-20-12-2-3-13(14(18)7-12)10-8-16(19)5-4-11(17)6-15(16)21-9-10/h2-3,6-7,10,18-19H,4-5,8-9H2,1H3/t10-,16?/m0/s1. The summed E-state index contributed by atoms with van der Waals surface area (Å²) in [5, 5.41) is 20.8. The largest absolute Gasteiger partial charge is 0.508 e. The van der Waals surface area contributed by atoms with Crippen LogP contribution in [0.1, 0.15) is 30.7 Å². The summed E-state index contributed by atoms with van der Waals surface area (Å²) in [4.78, 5) is 11.4. The van der Waals surface area contributed by atoms with Crippen molar-refractivity contribution in [2.75, 3.05) is 13.7 Å². The zero-order valence-electron chi connectivity index (χ0n) is 11.8. The van der Waals surface area contributed by atoms with E-state index in [1.54, 1.807) is 18.2 Å². The topological polar surface area (TPSA) is 76.0 Å². The van der Waals surface area contributed by atoms with E-state index in [1.165, 1.54) is 13.2 Å². The van der Waals surface area contributed by atoms with Crippen LogP contribution >= 0.6 is 0 Å². The van der Waals surface area contributed by atoms with Gasteiger partial charge >= 0.3 is 0 Å². The summed E-state index contributed by atoms with van der Waals surface area (Å²) in [6.45, 7) is 0.335. The molecule has 1 aromatic rings. The molecule has 1 saturated heterocycles. The Kier molecular flexibility index (Phi) is 3.37. The highest BCUT2D eigenvalue weighted by Gasteiger charge is 2.43. The van der Waals surface area contributed by atoms with Crippen molar-refractivity contribution in [3.8, 4) is 11.5 Å². The average molecular weight is 290 g/mol. The number of rotatable bonds is 2. The van der Waals surface area contributed by atoms with E-state index in [2.05, 4.69) is 0 Å². The van der Waals surface area contributed by atoms with Gasteiger partial charge in [0.05, 0.1) is 13.7 Å². The number of fused-ring (bicyclic) bond motifs is 1. The predicted octanol–water partition coefficient (Wildman–Crippen LogP) is 1.88. The number of phenolic OH excluding ortho intramolecular Hbond substituents is 1. The molecule has 0 radical (unpaired) electrons. The monoisotopic (exact) mass is 290 g/mol. The number of ketones is 1. The van der Waals surface area contributed by atoms with E-state index in [9.17, 15) is 15.0 Å². The number of aliphatic hydroxyl groups is 1. The van der Waals surface area contributed by atoms with Gasteiger partial charge in [0.2, 0.25) is 0 Å². The molecule has 0 aromatic heterocycles. The first-order valence-corrected chi connectivity index (χ1v) is 6.99. The molecule has 0 saturated carbocycles. The van der Waals surface area contributed by atoms with Crippen LogP contribution in [-0.4, -0.2) is 35.3 Å². The number of hydrogen-bond donors (Lipinski definition) is 2. The minimum atomic E-state index is -1.11. The van der Waals surface area contributed by atoms with Gasteiger partial charge in [-0.15, -0.1) is 0 Å². The number of phenols is 1. The summed E-state index contributed by atoms with van der Waals surface area (Å²) >= 11 is 0. The van der Waals surface area contributed by atoms with Gasteiger partial charge in [-0.25, -0.2) is 0 Å². The Labute approximate surface area is 122 Å². The molecule has 1 unspecified atom stereocenters. The van der Waals surface area contributed by atoms with Gasteiger partial charge in [0.25, 0.3) is 0 Å². The lowest BCUT2D eigenvalue weighted by Crippen LogP contribution is -2.42. The van der Waals surface area contributed by atoms with Crippen LogP contribution in [0.5, 0.6) is 11.5 Å². The Balaban J connectivity index is 1.86. The maximum absolute atomic E-state index is 11.4. The Morgan fingerprint density at radius 2 is 2.24 bits per heavy atom. The number of benzene rings is 1. The van der Waals surface area contributed by atoms with Gasteiger partial charge in [0.15, 0.2) is 5.78 Å². The molecule has 0 bridgehead atoms. The molecule has 2 atom stereocenters. The second-order valence-corrected chi connectivity index (χ2v) is 5.64. The minimum Gasteiger partial charge on any atom is -0.508 e. The van der Waals surface area contributed by atoms with Gasteiger partial charge in [0.1, 0.15) is 22.9 Å². The van der Waals surface area contributed by atoms with E-state index in [-0.39, 0.29) is 17.5 Å². The van der Waals surface area contributed by atoms with Crippen LogP contribution in [-0.2, 0) is 9.53 Å². The molecule has 2 N–H and O–H groups in total. The van der Waals surface area contributed by atoms with Crippen LogP contribution in [0.15, 0.2) is 30.0 Å². The SMILES string of the molecule is COc1ccc([C@@H]2COC3=CC(=O)CCC3(O)C2)c(O)c1. The molecular formula is C16H18O5. The maximum Gasteiger partial charge on any atom is 0.159 e. The van der Waals surface area contributed by atoms with E-state index in [0.717, 1.165) is 5.56 Å². The number of methoxy groups -OCH3 is 1. The molecule has 1 aliphatic heterocycles. The van der Waals surface area contributed by atoms with E-state index in [0.29, 0.717) is 37.4 Å². The van der Waals surface area contributed by atoms with E-state index < -0.39 is 5.60 Å². The Hall–Kier alpha value is -2.01. The first kappa shape index (κ1) is 13.9. The molecule has 1 aliphatic carbocycles. The lowest BCUT2D eigenvalue weighted by molar-refractivity contribution is -0.120. The van der Waals surface area contributed by atoms with Gasteiger partial charge in [-0.1, -0.05) is 6.07 Å². The molecule has 1 heterocycles. The summed E-state index contributed by atoms with van der Waals surface area (Å²) in [6.07, 6.45) is 2.52. The fourth-order valence-corrected chi connectivity index (χ4v) is 3.04. The Bertz CT molecular complexity index is 607. The van der Waals surface area contributed by atoms with Crippen LogP contribution in [0.25, 0.3) is 0 Å². The lowest BCUT2D eigenvalue weighted by atomic mass is 9.77.